The maximum Gasteiger partial charge on any atom is 0.270 e. The summed E-state index contributed by atoms with van der Waals surface area (Å²) >= 11 is 0. The van der Waals surface area contributed by atoms with Crippen LogP contribution in [-0.2, 0) is 7.05 Å². The summed E-state index contributed by atoms with van der Waals surface area (Å²) in [5.74, 6) is -0.0529. The zero-order chi connectivity index (χ0) is 18.1. The summed E-state index contributed by atoms with van der Waals surface area (Å²) in [4.78, 5) is 14.6. The number of aliphatic hydroxyl groups is 1. The monoisotopic (exact) mass is 341 g/mol. The van der Waals surface area contributed by atoms with Gasteiger partial charge < -0.3 is 14.6 Å². The predicted molar refractivity (Wildman–Crippen MR) is 92.0 cm³/mol. The fraction of sp³-hybridized carbons (Fsp3) is 0.500. The Labute approximate surface area is 147 Å². The molecule has 25 heavy (non-hydrogen) atoms. The molecule has 2 atom stereocenters. The minimum absolute atomic E-state index is 0.00975. The van der Waals surface area contributed by atoms with Crippen LogP contribution in [-0.4, -0.2) is 50.0 Å². The molecule has 7 heteroatoms. The van der Waals surface area contributed by atoms with Gasteiger partial charge in [-0.15, -0.1) is 0 Å². The Morgan fingerprint density at radius 1 is 1.44 bits per heavy atom. The van der Waals surface area contributed by atoms with Crippen molar-refractivity contribution in [1.82, 2.24) is 19.2 Å². The summed E-state index contributed by atoms with van der Waals surface area (Å²) in [6, 6.07) is 3.94. The van der Waals surface area contributed by atoms with E-state index >= 15 is 0 Å². The van der Waals surface area contributed by atoms with E-state index in [4.69, 9.17) is 5.26 Å². The van der Waals surface area contributed by atoms with Crippen LogP contribution in [0.3, 0.4) is 0 Å². The van der Waals surface area contributed by atoms with E-state index in [9.17, 15) is 9.90 Å². The number of aryl methyl sites for hydroxylation is 1. The minimum atomic E-state index is -0.110. The van der Waals surface area contributed by atoms with E-state index in [-0.39, 0.29) is 30.4 Å². The lowest BCUT2D eigenvalue weighted by Crippen LogP contribution is -2.30. The Morgan fingerprint density at radius 3 is 2.76 bits per heavy atom. The average Bonchev–Trinajstić information content (AvgIpc) is 3.31. The van der Waals surface area contributed by atoms with Crippen LogP contribution in [0.2, 0.25) is 0 Å². The number of aliphatic hydroxyl groups excluding tert-OH is 1. The number of carbonyl (C=O) groups is 1. The van der Waals surface area contributed by atoms with Crippen LogP contribution in [0.5, 0.6) is 0 Å². The molecule has 1 fully saturated rings. The molecule has 0 spiro atoms. The van der Waals surface area contributed by atoms with Gasteiger partial charge in [-0.2, -0.15) is 10.4 Å². The van der Waals surface area contributed by atoms with Crippen molar-refractivity contribution in [3.8, 4) is 6.07 Å². The number of hydrogen-bond acceptors (Lipinski definition) is 4. The Kier molecular flexibility index (Phi) is 4.64. The summed E-state index contributed by atoms with van der Waals surface area (Å²) in [6.07, 6.45) is 5.48. The normalized spacial score (nSPS) is 20.2. The lowest BCUT2D eigenvalue weighted by atomic mass is 9.92. The van der Waals surface area contributed by atoms with E-state index in [1.165, 1.54) is 0 Å². The molecule has 3 heterocycles. The van der Waals surface area contributed by atoms with E-state index in [1.807, 2.05) is 17.1 Å². The third kappa shape index (κ3) is 3.17. The lowest BCUT2D eigenvalue weighted by molar-refractivity contribution is 0.0772. The predicted octanol–water partition coefficient (Wildman–Crippen LogP) is 1.52. The van der Waals surface area contributed by atoms with Gasteiger partial charge in [0.05, 0.1) is 11.8 Å². The standard InChI is InChI=1S/C18H23N5O2/c1-12(2)23-9-14(6-20-23)16-10-22(8-15(16)11-24)18(25)17-4-13(5-19)7-21(17)3/h4,6-7,9,12,15-16,24H,8,10-11H2,1-3H3/t15-,16-/m0/s1. The van der Waals surface area contributed by atoms with Crippen LogP contribution in [0.1, 0.15) is 47.4 Å². The second-order valence-corrected chi connectivity index (χ2v) is 6.94. The molecule has 2 aromatic rings. The average molecular weight is 341 g/mol. The molecule has 2 aromatic heterocycles. The molecular weight excluding hydrogens is 318 g/mol. The quantitative estimate of drug-likeness (QED) is 0.913. The molecule has 7 nitrogen and oxygen atoms in total. The number of amides is 1. The fourth-order valence-corrected chi connectivity index (χ4v) is 3.43. The van der Waals surface area contributed by atoms with Crippen molar-refractivity contribution in [3.05, 3.63) is 41.5 Å². The number of nitriles is 1. The molecule has 0 aromatic carbocycles. The van der Waals surface area contributed by atoms with Crippen LogP contribution < -0.4 is 0 Å². The van der Waals surface area contributed by atoms with Crippen molar-refractivity contribution in [2.45, 2.75) is 25.8 Å². The summed E-state index contributed by atoms with van der Waals surface area (Å²) in [5.41, 5.74) is 2.01. The van der Waals surface area contributed by atoms with Crippen molar-refractivity contribution in [3.63, 3.8) is 0 Å². The van der Waals surface area contributed by atoms with Crippen LogP contribution in [0, 0.1) is 17.2 Å². The highest BCUT2D eigenvalue weighted by Crippen LogP contribution is 2.33. The van der Waals surface area contributed by atoms with Crippen LogP contribution in [0.4, 0.5) is 0 Å². The summed E-state index contributed by atoms with van der Waals surface area (Å²) < 4.78 is 3.57. The van der Waals surface area contributed by atoms with E-state index in [0.717, 1.165) is 5.56 Å². The molecule has 0 unspecified atom stereocenters. The number of nitrogens with zero attached hydrogens (tertiary/aromatic N) is 5. The summed E-state index contributed by atoms with van der Waals surface area (Å²) in [5, 5.41) is 23.2. The van der Waals surface area contributed by atoms with Crippen molar-refractivity contribution in [2.75, 3.05) is 19.7 Å². The van der Waals surface area contributed by atoms with E-state index in [0.29, 0.717) is 24.3 Å². The highest BCUT2D eigenvalue weighted by Gasteiger charge is 2.37. The first-order valence-electron chi connectivity index (χ1n) is 8.45. The van der Waals surface area contributed by atoms with Crippen LogP contribution >= 0.6 is 0 Å². The van der Waals surface area contributed by atoms with E-state index in [2.05, 4.69) is 25.0 Å². The highest BCUT2D eigenvalue weighted by atomic mass is 16.3. The number of hydrogen-bond donors (Lipinski definition) is 1. The van der Waals surface area contributed by atoms with Gasteiger partial charge >= 0.3 is 0 Å². The first-order chi connectivity index (χ1) is 11.9. The molecule has 132 valence electrons. The van der Waals surface area contributed by atoms with Crippen LogP contribution in [0.25, 0.3) is 0 Å². The third-order valence-corrected chi connectivity index (χ3v) is 4.89. The van der Waals surface area contributed by atoms with Crippen molar-refractivity contribution in [2.24, 2.45) is 13.0 Å². The molecule has 1 aliphatic heterocycles. The van der Waals surface area contributed by atoms with Gasteiger partial charge in [0.25, 0.3) is 5.91 Å². The van der Waals surface area contributed by atoms with Gasteiger partial charge in [0.1, 0.15) is 11.8 Å². The van der Waals surface area contributed by atoms with Crippen LogP contribution in [0.15, 0.2) is 24.7 Å². The van der Waals surface area contributed by atoms with Gasteiger partial charge in [-0.05, 0) is 25.5 Å². The summed E-state index contributed by atoms with van der Waals surface area (Å²) in [7, 11) is 1.76. The molecule has 3 rings (SSSR count). The Bertz CT molecular complexity index is 814. The SMILES string of the molecule is CC(C)n1cc([C@@H]2CN(C(=O)c3cc(C#N)cn3C)C[C@H]2CO)cn1. The minimum Gasteiger partial charge on any atom is -0.396 e. The molecule has 0 radical (unpaired) electrons. The molecule has 1 saturated heterocycles. The molecule has 1 amide bonds. The fourth-order valence-electron chi connectivity index (χ4n) is 3.43. The molecule has 0 aliphatic carbocycles. The Hall–Kier alpha value is -2.59. The second-order valence-electron chi connectivity index (χ2n) is 6.94. The third-order valence-electron chi connectivity index (χ3n) is 4.89. The molecule has 0 bridgehead atoms. The zero-order valence-electron chi connectivity index (χ0n) is 14.8. The van der Waals surface area contributed by atoms with Gasteiger partial charge in [0.2, 0.25) is 0 Å². The van der Waals surface area contributed by atoms with Gasteiger partial charge in [-0.3, -0.25) is 9.48 Å². The first kappa shape index (κ1) is 17.2. The molecule has 1 aliphatic rings. The zero-order valence-corrected chi connectivity index (χ0v) is 14.8. The number of likely N-dealkylation sites (tertiary alicyclic amines) is 1. The maximum atomic E-state index is 12.8. The Morgan fingerprint density at radius 2 is 2.20 bits per heavy atom. The lowest BCUT2D eigenvalue weighted by Gasteiger charge is -2.16. The van der Waals surface area contributed by atoms with Crippen molar-refractivity contribution < 1.29 is 9.90 Å². The van der Waals surface area contributed by atoms with Crippen molar-refractivity contribution >= 4 is 5.91 Å². The van der Waals surface area contributed by atoms with Crippen molar-refractivity contribution in [1.29, 1.82) is 5.26 Å². The largest absolute Gasteiger partial charge is 0.396 e. The van der Waals surface area contributed by atoms with E-state index in [1.54, 1.807) is 28.8 Å². The molecule has 1 N–H and O–H groups in total. The first-order valence-corrected chi connectivity index (χ1v) is 8.45. The summed E-state index contributed by atoms with van der Waals surface area (Å²) in [6.45, 7) is 5.19. The smallest absolute Gasteiger partial charge is 0.270 e. The topological polar surface area (TPSA) is 87.1 Å². The highest BCUT2D eigenvalue weighted by molar-refractivity contribution is 5.93. The van der Waals surface area contributed by atoms with Gasteiger partial charge in [-0.25, -0.2) is 0 Å². The second kappa shape index (κ2) is 6.73. The molecular formula is C18H23N5O2. The molecule has 0 saturated carbocycles. The van der Waals surface area contributed by atoms with Gasteiger partial charge in [-0.1, -0.05) is 0 Å². The van der Waals surface area contributed by atoms with Gasteiger partial charge in [0.15, 0.2) is 0 Å². The number of carbonyl (C=O) groups excluding carboxylic acids is 1. The number of rotatable bonds is 4. The van der Waals surface area contributed by atoms with E-state index < -0.39 is 0 Å². The van der Waals surface area contributed by atoms with Gasteiger partial charge in [0, 0.05) is 57.0 Å². The maximum absolute atomic E-state index is 12.8. The Balaban J connectivity index is 1.81. The number of aromatic nitrogens is 3.